The highest BCUT2D eigenvalue weighted by atomic mass is 19.1. The minimum absolute atomic E-state index is 0.0532. The second kappa shape index (κ2) is 10.1. The number of hydrogen-bond donors (Lipinski definition) is 1. The molecule has 5 aliphatic heterocycles. The summed E-state index contributed by atoms with van der Waals surface area (Å²) in [7, 11) is 0. The number of piperidine rings is 1. The molecule has 5 aliphatic rings. The molecule has 0 aromatic carbocycles. The van der Waals surface area contributed by atoms with Crippen molar-refractivity contribution in [3.63, 3.8) is 0 Å². The maximum absolute atomic E-state index is 14.4. The Kier molecular flexibility index (Phi) is 6.87. The van der Waals surface area contributed by atoms with Crippen molar-refractivity contribution in [2.45, 2.75) is 102 Å². The van der Waals surface area contributed by atoms with Crippen molar-refractivity contribution in [2.24, 2.45) is 0 Å². The molecule has 10 heteroatoms. The average molecular weight is 541 g/mol. The lowest BCUT2D eigenvalue weighted by molar-refractivity contribution is -0.00980. The van der Waals surface area contributed by atoms with Gasteiger partial charge in [-0.1, -0.05) is 0 Å². The van der Waals surface area contributed by atoms with Crippen LogP contribution < -0.4 is 15.0 Å². The smallest absolute Gasteiger partial charge is 0.410 e. The number of nitrogens with one attached hydrogen (secondary N) is 1. The molecular formula is C29H41FN6O3. The van der Waals surface area contributed by atoms with Crippen molar-refractivity contribution < 1.29 is 18.7 Å². The fraction of sp³-hybridized carbons (Fsp3) is 0.759. The zero-order valence-electron chi connectivity index (χ0n) is 23.5. The van der Waals surface area contributed by atoms with Crippen molar-refractivity contribution in [3.8, 4) is 11.9 Å². The van der Waals surface area contributed by atoms with E-state index in [9.17, 15) is 14.4 Å². The molecule has 0 spiro atoms. The number of pyridine rings is 1. The van der Waals surface area contributed by atoms with Gasteiger partial charge in [-0.05, 0) is 77.9 Å². The van der Waals surface area contributed by atoms with Crippen LogP contribution in [0.2, 0.25) is 0 Å². The first-order valence-corrected chi connectivity index (χ1v) is 14.6. The van der Waals surface area contributed by atoms with E-state index < -0.39 is 11.8 Å². The highest BCUT2D eigenvalue weighted by Crippen LogP contribution is 2.42. The standard InChI is InChI=1S/C29H41FN6O3/c1-28(2,3)39-27(37)36-20-6-4-7-21(36)17-34(16-20)25-22-8-10-32-14-24(22)23(13-31)26(33-25)38-18-29-9-5-11-35(29)15-19(30)12-29/h19-21,32H,4-12,14-18H2,1-3H3/t19-,20-,21+,29+/m1/s1. The number of nitrogens with zero attached hydrogens (tertiary/aromatic N) is 5. The van der Waals surface area contributed by atoms with E-state index in [2.05, 4.69) is 21.2 Å². The Bertz CT molecular complexity index is 1150. The van der Waals surface area contributed by atoms with Gasteiger partial charge in [-0.2, -0.15) is 10.2 Å². The van der Waals surface area contributed by atoms with E-state index in [1.54, 1.807) is 0 Å². The second-order valence-corrected chi connectivity index (χ2v) is 13.0. The quantitative estimate of drug-likeness (QED) is 0.620. The zero-order valence-corrected chi connectivity index (χ0v) is 23.5. The Balaban J connectivity index is 1.30. The molecule has 6 rings (SSSR count). The maximum atomic E-state index is 14.4. The van der Waals surface area contributed by atoms with Gasteiger partial charge in [-0.3, -0.25) is 9.80 Å². The van der Waals surface area contributed by atoms with Gasteiger partial charge in [0, 0.05) is 38.2 Å². The Morgan fingerprint density at radius 3 is 2.69 bits per heavy atom. The number of rotatable bonds is 4. The van der Waals surface area contributed by atoms with Gasteiger partial charge in [0.25, 0.3) is 0 Å². The number of anilines is 1. The number of amides is 1. The highest BCUT2D eigenvalue weighted by Gasteiger charge is 2.50. The van der Waals surface area contributed by atoms with Gasteiger partial charge in [-0.25, -0.2) is 9.18 Å². The number of aromatic nitrogens is 1. The number of fused-ring (bicyclic) bond motifs is 4. The summed E-state index contributed by atoms with van der Waals surface area (Å²) in [4.78, 5) is 24.7. The molecule has 212 valence electrons. The van der Waals surface area contributed by atoms with E-state index in [-0.39, 0.29) is 23.7 Å². The molecule has 0 unspecified atom stereocenters. The maximum Gasteiger partial charge on any atom is 0.410 e. The van der Waals surface area contributed by atoms with Gasteiger partial charge >= 0.3 is 6.09 Å². The molecule has 9 nitrogen and oxygen atoms in total. The summed E-state index contributed by atoms with van der Waals surface area (Å²) in [6.07, 6.45) is 5.09. The van der Waals surface area contributed by atoms with E-state index in [4.69, 9.17) is 14.5 Å². The van der Waals surface area contributed by atoms with Crippen LogP contribution in [0.15, 0.2) is 0 Å². The van der Waals surface area contributed by atoms with Crippen LogP contribution in [0.3, 0.4) is 0 Å². The Morgan fingerprint density at radius 1 is 1.21 bits per heavy atom. The molecule has 6 heterocycles. The largest absolute Gasteiger partial charge is 0.475 e. The van der Waals surface area contributed by atoms with E-state index in [1.807, 2.05) is 25.7 Å². The molecule has 39 heavy (non-hydrogen) atoms. The first-order chi connectivity index (χ1) is 18.7. The fourth-order valence-electron chi connectivity index (χ4n) is 7.54. The van der Waals surface area contributed by atoms with E-state index in [0.29, 0.717) is 50.7 Å². The minimum atomic E-state index is -0.832. The SMILES string of the molecule is CC(C)(C)OC(=O)N1[C@@H]2CCC[C@H]1CN(c1nc(OC[C@@]34CCCN3C[C@H](F)C4)c(C#N)c3c1CCNC3)C2. The Morgan fingerprint density at radius 2 is 1.97 bits per heavy atom. The number of alkyl halides is 1. The minimum Gasteiger partial charge on any atom is -0.475 e. The third-order valence-electron chi connectivity index (χ3n) is 9.19. The first kappa shape index (κ1) is 26.6. The van der Waals surface area contributed by atoms with Crippen LogP contribution in [0.1, 0.15) is 76.0 Å². The number of nitriles is 1. The summed E-state index contributed by atoms with van der Waals surface area (Å²) >= 11 is 0. The number of carbonyl (C=O) groups is 1. The summed E-state index contributed by atoms with van der Waals surface area (Å²) in [6.45, 7) is 10.2. The second-order valence-electron chi connectivity index (χ2n) is 13.0. The number of piperazine rings is 1. The molecule has 2 bridgehead atoms. The summed E-state index contributed by atoms with van der Waals surface area (Å²) in [5.74, 6) is 1.23. The van der Waals surface area contributed by atoms with Gasteiger partial charge in [0.15, 0.2) is 0 Å². The van der Waals surface area contributed by atoms with Crippen LogP contribution in [0.25, 0.3) is 0 Å². The molecule has 1 aromatic heterocycles. The van der Waals surface area contributed by atoms with Crippen LogP contribution in [-0.4, -0.2) is 89.6 Å². The monoisotopic (exact) mass is 540 g/mol. The highest BCUT2D eigenvalue weighted by molar-refractivity contribution is 5.70. The molecule has 1 aromatic rings. The summed E-state index contributed by atoms with van der Waals surface area (Å²) in [5.41, 5.74) is 1.71. The third kappa shape index (κ3) is 4.93. The van der Waals surface area contributed by atoms with Gasteiger partial charge in [-0.15, -0.1) is 0 Å². The van der Waals surface area contributed by atoms with Crippen molar-refractivity contribution in [1.29, 1.82) is 5.26 Å². The number of ether oxygens (including phenoxy) is 2. The van der Waals surface area contributed by atoms with Gasteiger partial charge < -0.3 is 19.7 Å². The molecule has 4 atom stereocenters. The molecule has 4 fully saturated rings. The molecule has 4 saturated heterocycles. The third-order valence-corrected chi connectivity index (χ3v) is 9.19. The van der Waals surface area contributed by atoms with Gasteiger partial charge in [0.2, 0.25) is 5.88 Å². The average Bonchev–Trinajstić information content (AvgIpc) is 3.40. The van der Waals surface area contributed by atoms with E-state index in [1.165, 1.54) is 0 Å². The van der Waals surface area contributed by atoms with Crippen LogP contribution in [0.4, 0.5) is 15.0 Å². The van der Waals surface area contributed by atoms with Crippen LogP contribution in [0, 0.1) is 11.3 Å². The molecule has 1 amide bonds. The first-order valence-electron chi connectivity index (χ1n) is 14.6. The summed E-state index contributed by atoms with van der Waals surface area (Å²) in [5, 5.41) is 13.6. The lowest BCUT2D eigenvalue weighted by atomic mass is 9.90. The van der Waals surface area contributed by atoms with Crippen molar-refractivity contribution >= 4 is 11.9 Å². The molecule has 1 N–H and O–H groups in total. The van der Waals surface area contributed by atoms with Gasteiger partial charge in [0.1, 0.15) is 35.8 Å². The van der Waals surface area contributed by atoms with Crippen molar-refractivity contribution in [2.75, 3.05) is 44.2 Å². The topological polar surface area (TPSA) is 94.0 Å². The van der Waals surface area contributed by atoms with E-state index >= 15 is 0 Å². The number of carbonyl (C=O) groups excluding carboxylic acids is 1. The molecular weight excluding hydrogens is 499 g/mol. The fourth-order valence-corrected chi connectivity index (χ4v) is 7.54. The van der Waals surface area contributed by atoms with Gasteiger partial charge in [0.05, 0.1) is 17.6 Å². The lowest BCUT2D eigenvalue weighted by Crippen LogP contribution is -2.63. The summed E-state index contributed by atoms with van der Waals surface area (Å²) in [6, 6.07) is 2.48. The molecule has 0 radical (unpaired) electrons. The van der Waals surface area contributed by atoms with Crippen LogP contribution in [-0.2, 0) is 17.7 Å². The van der Waals surface area contributed by atoms with Crippen LogP contribution in [0.5, 0.6) is 5.88 Å². The molecule has 0 aliphatic carbocycles. The molecule has 0 saturated carbocycles. The lowest BCUT2D eigenvalue weighted by Gasteiger charge is -2.50. The Labute approximate surface area is 230 Å². The number of halogens is 1. The summed E-state index contributed by atoms with van der Waals surface area (Å²) < 4.78 is 26.5. The predicted octanol–water partition coefficient (Wildman–Crippen LogP) is 3.53. The van der Waals surface area contributed by atoms with Crippen molar-refractivity contribution in [1.82, 2.24) is 20.1 Å². The Hall–Kier alpha value is -2.64. The predicted molar refractivity (Wildman–Crippen MR) is 145 cm³/mol. The zero-order chi connectivity index (χ0) is 27.4. The van der Waals surface area contributed by atoms with Crippen LogP contribution >= 0.6 is 0 Å². The van der Waals surface area contributed by atoms with E-state index in [0.717, 1.165) is 68.6 Å². The number of hydrogen-bond acceptors (Lipinski definition) is 8. The normalized spacial score (nSPS) is 30.5. The van der Waals surface area contributed by atoms with Crippen molar-refractivity contribution in [3.05, 3.63) is 16.7 Å².